The Bertz CT molecular complexity index is 112. The molecule has 0 amide bonds. The van der Waals surface area contributed by atoms with Gasteiger partial charge in [0.15, 0.2) is 5.78 Å². The predicted molar refractivity (Wildman–Crippen MR) is 41.5 cm³/mol. The number of carbonyl (C=O) groups is 1. The summed E-state index contributed by atoms with van der Waals surface area (Å²) in [6.07, 6.45) is 0.540. The van der Waals surface area contributed by atoms with Gasteiger partial charge in [-0.3, -0.25) is 4.79 Å². The Hall–Kier alpha value is -0.410. The van der Waals surface area contributed by atoms with Crippen molar-refractivity contribution in [2.75, 3.05) is 6.54 Å². The molecule has 0 aliphatic carbocycles. The molecule has 0 spiro atoms. The number of hydrogen-bond acceptors (Lipinski definition) is 3. The third kappa shape index (κ3) is 3.58. The molecule has 0 saturated heterocycles. The first-order chi connectivity index (χ1) is 4.57. The molecule has 0 aliphatic heterocycles. The van der Waals surface area contributed by atoms with Crippen molar-refractivity contribution in [3.8, 4) is 0 Å². The summed E-state index contributed by atoms with van der Waals surface area (Å²) in [6, 6.07) is -0.456. The maximum absolute atomic E-state index is 11.0. The van der Waals surface area contributed by atoms with E-state index in [2.05, 4.69) is 0 Å². The number of hydrogen-bond donors (Lipinski definition) is 2. The number of nitrogens with two attached hydrogens (primary N) is 2. The fourth-order valence-electron chi connectivity index (χ4n) is 0.685. The molecule has 0 radical (unpaired) electrons. The van der Waals surface area contributed by atoms with Gasteiger partial charge in [0, 0.05) is 13.0 Å². The molecule has 1 atom stereocenters. The third-order valence-corrected chi connectivity index (χ3v) is 1.28. The van der Waals surface area contributed by atoms with Crippen LogP contribution in [-0.2, 0) is 4.79 Å². The van der Waals surface area contributed by atoms with E-state index in [9.17, 15) is 4.79 Å². The van der Waals surface area contributed by atoms with E-state index >= 15 is 0 Å². The van der Waals surface area contributed by atoms with Gasteiger partial charge in [0.1, 0.15) is 0 Å². The molecule has 0 saturated carbocycles. The normalized spacial score (nSPS) is 13.7. The summed E-state index contributed by atoms with van der Waals surface area (Å²) >= 11 is 0. The lowest BCUT2D eigenvalue weighted by atomic mass is 10.0. The average molecular weight is 144 g/mol. The summed E-state index contributed by atoms with van der Waals surface area (Å²) in [5.74, 6) is 0.447. The van der Waals surface area contributed by atoms with Crippen LogP contribution in [0.2, 0.25) is 0 Å². The summed E-state index contributed by atoms with van der Waals surface area (Å²) in [5, 5.41) is 0. The van der Waals surface area contributed by atoms with Gasteiger partial charge in [-0.1, -0.05) is 13.8 Å². The first kappa shape index (κ1) is 9.59. The molecule has 0 aromatic heterocycles. The highest BCUT2D eigenvalue weighted by Gasteiger charge is 2.11. The summed E-state index contributed by atoms with van der Waals surface area (Å²) in [7, 11) is 0. The minimum Gasteiger partial charge on any atom is -0.328 e. The molecule has 0 aromatic carbocycles. The largest absolute Gasteiger partial charge is 0.328 e. The Morgan fingerprint density at radius 1 is 1.50 bits per heavy atom. The van der Waals surface area contributed by atoms with Crippen LogP contribution < -0.4 is 11.5 Å². The number of ketones is 1. The minimum atomic E-state index is -0.456. The monoisotopic (exact) mass is 144 g/mol. The van der Waals surface area contributed by atoms with Gasteiger partial charge in [-0.15, -0.1) is 0 Å². The Labute approximate surface area is 61.8 Å². The molecular weight excluding hydrogens is 128 g/mol. The van der Waals surface area contributed by atoms with Gasteiger partial charge in [-0.05, 0) is 5.92 Å². The van der Waals surface area contributed by atoms with Crippen LogP contribution in [0.15, 0.2) is 0 Å². The van der Waals surface area contributed by atoms with Crippen molar-refractivity contribution in [1.29, 1.82) is 0 Å². The molecule has 0 fully saturated rings. The molecule has 0 aromatic rings. The molecule has 0 aliphatic rings. The molecule has 10 heavy (non-hydrogen) atoms. The summed E-state index contributed by atoms with van der Waals surface area (Å²) < 4.78 is 0. The van der Waals surface area contributed by atoms with Gasteiger partial charge in [0.05, 0.1) is 6.04 Å². The number of Topliss-reactive ketones (excluding diaryl/α,β-unsaturated/α-hetero) is 1. The Balaban J connectivity index is 3.62. The standard InChI is InChI=1S/C7H16N2O/c1-5(2)3-7(10)6(9)4-8/h5-6H,3-4,8-9H2,1-2H3/t6-/m0/s1. The van der Waals surface area contributed by atoms with Crippen LogP contribution in [0, 0.1) is 5.92 Å². The van der Waals surface area contributed by atoms with E-state index in [-0.39, 0.29) is 12.3 Å². The zero-order valence-corrected chi connectivity index (χ0v) is 6.63. The van der Waals surface area contributed by atoms with Crippen LogP contribution in [0.25, 0.3) is 0 Å². The summed E-state index contributed by atoms with van der Waals surface area (Å²) in [6.45, 7) is 4.23. The highest BCUT2D eigenvalue weighted by molar-refractivity contribution is 5.84. The number of rotatable bonds is 4. The Morgan fingerprint density at radius 2 is 2.00 bits per heavy atom. The van der Waals surface area contributed by atoms with Crippen molar-refractivity contribution in [2.45, 2.75) is 26.3 Å². The highest BCUT2D eigenvalue weighted by atomic mass is 16.1. The van der Waals surface area contributed by atoms with Crippen LogP contribution in [-0.4, -0.2) is 18.4 Å². The van der Waals surface area contributed by atoms with Crippen LogP contribution >= 0.6 is 0 Å². The zero-order valence-electron chi connectivity index (χ0n) is 6.63. The Kier molecular flexibility index (Phi) is 4.23. The maximum atomic E-state index is 11.0. The van der Waals surface area contributed by atoms with Gasteiger partial charge in [-0.25, -0.2) is 0 Å². The van der Waals surface area contributed by atoms with Crippen molar-refractivity contribution in [3.05, 3.63) is 0 Å². The second-order valence-electron chi connectivity index (χ2n) is 2.91. The highest BCUT2D eigenvalue weighted by Crippen LogP contribution is 2.00. The van der Waals surface area contributed by atoms with Gasteiger partial charge in [0.25, 0.3) is 0 Å². The van der Waals surface area contributed by atoms with E-state index in [0.717, 1.165) is 0 Å². The summed E-state index contributed by atoms with van der Waals surface area (Å²) in [4.78, 5) is 11.0. The van der Waals surface area contributed by atoms with E-state index in [0.29, 0.717) is 12.3 Å². The fourth-order valence-corrected chi connectivity index (χ4v) is 0.685. The molecule has 4 N–H and O–H groups in total. The quantitative estimate of drug-likeness (QED) is 0.578. The molecule has 0 heterocycles. The van der Waals surface area contributed by atoms with Crippen LogP contribution in [0.3, 0.4) is 0 Å². The molecule has 3 heteroatoms. The van der Waals surface area contributed by atoms with Gasteiger partial charge < -0.3 is 11.5 Å². The lowest BCUT2D eigenvalue weighted by Gasteiger charge is -2.08. The smallest absolute Gasteiger partial charge is 0.151 e. The van der Waals surface area contributed by atoms with Crippen LogP contribution in [0.1, 0.15) is 20.3 Å². The fraction of sp³-hybridized carbons (Fsp3) is 0.857. The van der Waals surface area contributed by atoms with Crippen molar-refractivity contribution >= 4 is 5.78 Å². The predicted octanol–water partition coefficient (Wildman–Crippen LogP) is -0.112. The van der Waals surface area contributed by atoms with E-state index in [4.69, 9.17) is 11.5 Å². The van der Waals surface area contributed by atoms with Gasteiger partial charge >= 0.3 is 0 Å². The van der Waals surface area contributed by atoms with Gasteiger partial charge in [-0.2, -0.15) is 0 Å². The van der Waals surface area contributed by atoms with Crippen molar-refractivity contribution in [1.82, 2.24) is 0 Å². The minimum absolute atomic E-state index is 0.0671. The van der Waals surface area contributed by atoms with E-state index in [1.807, 2.05) is 13.8 Å². The van der Waals surface area contributed by atoms with Gasteiger partial charge in [0.2, 0.25) is 0 Å². The van der Waals surface area contributed by atoms with Crippen molar-refractivity contribution in [3.63, 3.8) is 0 Å². The molecule has 3 nitrogen and oxygen atoms in total. The molecular formula is C7H16N2O. The maximum Gasteiger partial charge on any atom is 0.151 e. The zero-order chi connectivity index (χ0) is 8.15. The molecule has 0 unspecified atom stereocenters. The van der Waals surface area contributed by atoms with Crippen LogP contribution in [0.4, 0.5) is 0 Å². The first-order valence-electron chi connectivity index (χ1n) is 3.56. The van der Waals surface area contributed by atoms with E-state index in [1.165, 1.54) is 0 Å². The molecule has 0 rings (SSSR count). The third-order valence-electron chi connectivity index (χ3n) is 1.28. The topological polar surface area (TPSA) is 69.1 Å². The SMILES string of the molecule is CC(C)CC(=O)[C@@H](N)CN. The molecule has 60 valence electrons. The van der Waals surface area contributed by atoms with Crippen molar-refractivity contribution in [2.24, 2.45) is 17.4 Å². The number of carbonyl (C=O) groups excluding carboxylic acids is 1. The molecule has 0 bridgehead atoms. The lowest BCUT2D eigenvalue weighted by Crippen LogP contribution is -2.38. The first-order valence-corrected chi connectivity index (χ1v) is 3.56. The Morgan fingerprint density at radius 3 is 2.30 bits per heavy atom. The second kappa shape index (κ2) is 4.41. The second-order valence-corrected chi connectivity index (χ2v) is 2.91. The van der Waals surface area contributed by atoms with E-state index in [1.54, 1.807) is 0 Å². The lowest BCUT2D eigenvalue weighted by molar-refractivity contribution is -0.120. The van der Waals surface area contributed by atoms with Crippen LogP contribution in [0.5, 0.6) is 0 Å². The summed E-state index contributed by atoms with van der Waals surface area (Å²) in [5.41, 5.74) is 10.6. The van der Waals surface area contributed by atoms with E-state index < -0.39 is 6.04 Å². The van der Waals surface area contributed by atoms with Crippen molar-refractivity contribution < 1.29 is 4.79 Å². The average Bonchev–Trinajstić information content (AvgIpc) is 1.85.